The minimum absolute atomic E-state index is 0.166. The molecule has 1 aliphatic rings. The maximum absolute atomic E-state index is 11.9. The van der Waals surface area contributed by atoms with E-state index in [1.807, 2.05) is 0 Å². The summed E-state index contributed by atoms with van der Waals surface area (Å²) in [7, 11) is 0. The number of nitrogen functional groups attached to an aromatic ring is 1. The fourth-order valence-electron chi connectivity index (χ4n) is 2.24. The van der Waals surface area contributed by atoms with Gasteiger partial charge in [-0.15, -0.1) is 11.3 Å². The Kier molecular flexibility index (Phi) is 3.68. The van der Waals surface area contributed by atoms with Crippen molar-refractivity contribution < 1.29 is 0 Å². The molecule has 0 aliphatic carbocycles. The maximum atomic E-state index is 11.9. The van der Waals surface area contributed by atoms with Gasteiger partial charge >= 0.3 is 0 Å². The second kappa shape index (κ2) is 5.33. The number of H-pyrrole nitrogens is 1. The molecule has 1 aliphatic heterocycles. The summed E-state index contributed by atoms with van der Waals surface area (Å²) in [6.45, 7) is 1.92. The number of nitrogens with one attached hydrogen (secondary N) is 1. The Morgan fingerprint density at radius 2 is 2.20 bits per heavy atom. The van der Waals surface area contributed by atoms with Gasteiger partial charge in [0.25, 0.3) is 5.56 Å². The highest BCUT2D eigenvalue weighted by Gasteiger charge is 2.22. The first-order valence-corrected chi connectivity index (χ1v) is 7.51. The second-order valence-corrected chi connectivity index (χ2v) is 6.54. The van der Waals surface area contributed by atoms with Gasteiger partial charge in [-0.05, 0) is 0 Å². The molecule has 3 heterocycles. The van der Waals surface area contributed by atoms with Gasteiger partial charge in [-0.3, -0.25) is 14.7 Å². The Bertz CT molecular complexity index is 713. The molecule has 0 atom stereocenters. The molecule has 0 unspecified atom stereocenters. The third kappa shape index (κ3) is 2.67. The highest BCUT2D eigenvalue weighted by molar-refractivity contribution is 7.16. The predicted molar refractivity (Wildman–Crippen MR) is 79.2 cm³/mol. The van der Waals surface area contributed by atoms with Gasteiger partial charge in [0.05, 0.1) is 16.1 Å². The number of rotatable bonds is 2. The predicted octanol–water partition coefficient (Wildman–Crippen LogP) is 1.67. The number of halogens is 2. The van der Waals surface area contributed by atoms with E-state index in [4.69, 9.17) is 28.9 Å². The molecule has 3 N–H and O–H groups in total. The number of aromatic amines is 1. The average Bonchev–Trinajstić information content (AvgIpc) is 2.68. The normalized spacial score (nSPS) is 15.3. The lowest BCUT2D eigenvalue weighted by atomic mass is 10.1. The van der Waals surface area contributed by atoms with Crippen molar-refractivity contribution in [3.8, 4) is 0 Å². The van der Waals surface area contributed by atoms with Gasteiger partial charge in [0.2, 0.25) is 5.95 Å². The van der Waals surface area contributed by atoms with Crippen LogP contribution in [0.2, 0.25) is 9.62 Å². The van der Waals surface area contributed by atoms with Crippen molar-refractivity contribution in [1.29, 1.82) is 0 Å². The summed E-state index contributed by atoms with van der Waals surface area (Å²) < 4.78 is 0.426. The third-order valence-corrected chi connectivity index (χ3v) is 4.73. The number of nitrogens with two attached hydrogens (primary N) is 1. The average molecular weight is 332 g/mol. The Hall–Kier alpha value is -1.15. The fourth-order valence-corrected chi connectivity index (χ4v) is 3.68. The van der Waals surface area contributed by atoms with Crippen molar-refractivity contribution >= 4 is 40.5 Å². The monoisotopic (exact) mass is 331 g/mol. The minimum Gasteiger partial charge on any atom is -0.369 e. The quantitative estimate of drug-likeness (QED) is 0.873. The van der Waals surface area contributed by atoms with Gasteiger partial charge < -0.3 is 5.73 Å². The van der Waals surface area contributed by atoms with Crippen LogP contribution in [0.1, 0.15) is 16.1 Å². The zero-order chi connectivity index (χ0) is 14.3. The zero-order valence-electron chi connectivity index (χ0n) is 10.3. The van der Waals surface area contributed by atoms with Crippen LogP contribution in [0, 0.1) is 0 Å². The smallest absolute Gasteiger partial charge is 0.257 e. The Morgan fingerprint density at radius 3 is 2.90 bits per heavy atom. The van der Waals surface area contributed by atoms with Crippen molar-refractivity contribution in [2.45, 2.75) is 19.5 Å². The third-order valence-electron chi connectivity index (χ3n) is 3.16. The number of hydrogen-bond donors (Lipinski definition) is 2. The highest BCUT2D eigenvalue weighted by Crippen LogP contribution is 2.28. The van der Waals surface area contributed by atoms with Gasteiger partial charge in [0, 0.05) is 26.1 Å². The Balaban J connectivity index is 1.82. The first-order chi connectivity index (χ1) is 9.52. The molecule has 0 saturated carbocycles. The molecule has 0 amide bonds. The lowest BCUT2D eigenvalue weighted by Gasteiger charge is -2.26. The first-order valence-electron chi connectivity index (χ1n) is 5.93. The molecule has 2 aromatic rings. The van der Waals surface area contributed by atoms with Crippen LogP contribution < -0.4 is 11.3 Å². The summed E-state index contributed by atoms with van der Waals surface area (Å²) in [5, 5.41) is 0.426. The van der Waals surface area contributed by atoms with Crippen molar-refractivity contribution in [2.75, 3.05) is 12.3 Å². The SMILES string of the molecule is Nc1nc2c(c(=O)[nH]1)CN(Cc1sc(Cl)nc1Cl)CC2. The molecule has 20 heavy (non-hydrogen) atoms. The maximum Gasteiger partial charge on any atom is 0.257 e. The van der Waals surface area contributed by atoms with Gasteiger partial charge in [0.15, 0.2) is 4.47 Å². The van der Waals surface area contributed by atoms with Crippen LogP contribution in [0.5, 0.6) is 0 Å². The van der Waals surface area contributed by atoms with Crippen LogP contribution in [-0.2, 0) is 19.5 Å². The van der Waals surface area contributed by atoms with Gasteiger partial charge in [-0.2, -0.15) is 0 Å². The van der Waals surface area contributed by atoms with E-state index in [2.05, 4.69) is 19.9 Å². The summed E-state index contributed by atoms with van der Waals surface area (Å²) >= 11 is 13.2. The summed E-state index contributed by atoms with van der Waals surface area (Å²) in [4.78, 5) is 25.6. The molecule has 106 valence electrons. The molecule has 0 fully saturated rings. The molecular formula is C11H11Cl2N5OS. The molecule has 0 radical (unpaired) electrons. The van der Waals surface area contributed by atoms with Gasteiger partial charge in [0.1, 0.15) is 5.15 Å². The summed E-state index contributed by atoms with van der Waals surface area (Å²) in [6.07, 6.45) is 0.688. The lowest BCUT2D eigenvalue weighted by Crippen LogP contribution is -2.35. The Labute approximate surface area is 128 Å². The van der Waals surface area contributed by atoms with Gasteiger partial charge in [-0.1, -0.05) is 23.2 Å². The minimum atomic E-state index is -0.175. The number of nitrogens with zero attached hydrogens (tertiary/aromatic N) is 3. The topological polar surface area (TPSA) is 87.9 Å². The molecule has 6 nitrogen and oxygen atoms in total. The van der Waals surface area contributed by atoms with E-state index in [1.54, 1.807) is 0 Å². The molecule has 0 bridgehead atoms. The van der Waals surface area contributed by atoms with Crippen LogP contribution >= 0.6 is 34.5 Å². The van der Waals surface area contributed by atoms with Crippen LogP contribution in [-0.4, -0.2) is 26.4 Å². The molecule has 3 rings (SSSR count). The number of aromatic nitrogens is 3. The number of anilines is 1. The van der Waals surface area contributed by atoms with Crippen LogP contribution in [0.15, 0.2) is 4.79 Å². The summed E-state index contributed by atoms with van der Waals surface area (Å²) in [6, 6.07) is 0. The van der Waals surface area contributed by atoms with E-state index >= 15 is 0 Å². The lowest BCUT2D eigenvalue weighted by molar-refractivity contribution is 0.244. The molecular weight excluding hydrogens is 321 g/mol. The molecule has 0 saturated heterocycles. The van der Waals surface area contributed by atoms with E-state index in [9.17, 15) is 4.79 Å². The van der Waals surface area contributed by atoms with E-state index < -0.39 is 0 Å². The van der Waals surface area contributed by atoms with Crippen molar-refractivity contribution in [3.05, 3.63) is 36.1 Å². The van der Waals surface area contributed by atoms with Gasteiger partial charge in [-0.25, -0.2) is 9.97 Å². The van der Waals surface area contributed by atoms with Crippen molar-refractivity contribution in [1.82, 2.24) is 19.9 Å². The van der Waals surface area contributed by atoms with Crippen molar-refractivity contribution in [3.63, 3.8) is 0 Å². The number of fused-ring (bicyclic) bond motifs is 1. The highest BCUT2D eigenvalue weighted by atomic mass is 35.5. The number of hydrogen-bond acceptors (Lipinski definition) is 6. The molecule has 0 spiro atoms. The second-order valence-electron chi connectivity index (χ2n) is 4.52. The first kappa shape index (κ1) is 13.8. The molecule has 0 aromatic carbocycles. The largest absolute Gasteiger partial charge is 0.369 e. The standard InChI is InChI=1S/C11H11Cl2N5OS/c12-8-7(20-10(13)16-8)4-18-2-1-6-5(3-18)9(19)17-11(14)15-6/h1-4H2,(H3,14,15,17,19). The van der Waals surface area contributed by atoms with E-state index in [-0.39, 0.29) is 11.5 Å². The summed E-state index contributed by atoms with van der Waals surface area (Å²) in [5.41, 5.74) is 6.81. The van der Waals surface area contributed by atoms with E-state index in [0.717, 1.165) is 17.1 Å². The number of thiazole rings is 1. The van der Waals surface area contributed by atoms with E-state index in [1.165, 1.54) is 11.3 Å². The zero-order valence-corrected chi connectivity index (χ0v) is 12.6. The van der Waals surface area contributed by atoms with Crippen LogP contribution in [0.3, 0.4) is 0 Å². The Morgan fingerprint density at radius 1 is 1.40 bits per heavy atom. The molecule has 9 heteroatoms. The molecule has 2 aromatic heterocycles. The van der Waals surface area contributed by atoms with E-state index in [0.29, 0.717) is 34.7 Å². The van der Waals surface area contributed by atoms with Crippen LogP contribution in [0.25, 0.3) is 0 Å². The summed E-state index contributed by atoms with van der Waals surface area (Å²) in [5.74, 6) is 0.166. The van der Waals surface area contributed by atoms with Crippen molar-refractivity contribution in [2.24, 2.45) is 0 Å². The van der Waals surface area contributed by atoms with Crippen LogP contribution in [0.4, 0.5) is 5.95 Å². The fraction of sp³-hybridized carbons (Fsp3) is 0.364.